The van der Waals surface area contributed by atoms with Crippen LogP contribution >= 0.6 is 0 Å². The predicted octanol–water partition coefficient (Wildman–Crippen LogP) is 1.04. The van der Waals surface area contributed by atoms with Crippen LogP contribution in [0, 0.1) is 11.3 Å². The summed E-state index contributed by atoms with van der Waals surface area (Å²) in [7, 11) is 0. The van der Waals surface area contributed by atoms with Gasteiger partial charge in [-0.05, 0) is 13.8 Å². The maximum Gasteiger partial charge on any atom is 0.350 e. The summed E-state index contributed by atoms with van der Waals surface area (Å²) in [6.45, 7) is 4.20. The Balaban J connectivity index is 2.35. The lowest BCUT2D eigenvalue weighted by Gasteiger charge is -2.11. The lowest BCUT2D eigenvalue weighted by molar-refractivity contribution is -0.138. The van der Waals surface area contributed by atoms with Gasteiger partial charge in [-0.25, -0.2) is 19.3 Å². The number of nitriles is 1. The van der Waals surface area contributed by atoms with Gasteiger partial charge in [0.2, 0.25) is 0 Å². The van der Waals surface area contributed by atoms with E-state index in [1.807, 2.05) is 6.92 Å². The molecule has 0 atom stereocenters. The fourth-order valence-electron chi connectivity index (χ4n) is 2.08. The minimum Gasteiger partial charge on any atom is -0.478 e. The van der Waals surface area contributed by atoms with E-state index in [2.05, 4.69) is 20.9 Å². The van der Waals surface area contributed by atoms with E-state index in [9.17, 15) is 14.7 Å². The molecule has 2 rings (SSSR count). The molecule has 0 saturated carbocycles. The van der Waals surface area contributed by atoms with Gasteiger partial charge in [0.15, 0.2) is 11.2 Å². The zero-order valence-corrected chi connectivity index (χ0v) is 13.6. The van der Waals surface area contributed by atoms with Crippen LogP contribution in [-0.2, 0) is 16.1 Å². The topological polar surface area (TPSA) is 142 Å². The second-order valence-electron chi connectivity index (χ2n) is 4.71. The van der Waals surface area contributed by atoms with Gasteiger partial charge in [0.1, 0.15) is 11.6 Å². The number of hydrogen-bond donors (Lipinski definition) is 3. The number of ether oxygens (including phenoxy) is 1. The van der Waals surface area contributed by atoms with Gasteiger partial charge < -0.3 is 15.3 Å². The lowest BCUT2D eigenvalue weighted by Crippen LogP contribution is -2.20. The number of aromatic nitrogens is 3. The lowest BCUT2D eigenvalue weighted by atomic mass is 10.2. The normalized spacial score (nSPS) is 11.0. The monoisotopic (exact) mass is 344 g/mol. The molecule has 3 N–H and O–H groups in total. The summed E-state index contributed by atoms with van der Waals surface area (Å²) < 4.78 is 6.35. The van der Waals surface area contributed by atoms with Crippen molar-refractivity contribution in [2.24, 2.45) is 0 Å². The summed E-state index contributed by atoms with van der Waals surface area (Å²) in [6, 6.07) is 1.70. The number of carbonyl (C=O) groups is 2. The molecule has 0 aliphatic rings. The van der Waals surface area contributed by atoms with Gasteiger partial charge in [0, 0.05) is 18.9 Å². The standard InChI is InChI=1S/C15H16N6O4/c1-3-21-13-10(8-19-21)12(11(7-17-13)14(22)23)20-18-6-9(5-16)15(24)25-4-2/h6-8,18H,3-4H2,1-2H3,(H,17,20)(H,22,23). The fourth-order valence-corrected chi connectivity index (χ4v) is 2.08. The van der Waals surface area contributed by atoms with E-state index in [4.69, 9.17) is 10.00 Å². The first-order chi connectivity index (χ1) is 12.0. The highest BCUT2D eigenvalue weighted by Gasteiger charge is 2.17. The Morgan fingerprint density at radius 3 is 2.80 bits per heavy atom. The molecule has 0 unspecified atom stereocenters. The Bertz CT molecular complexity index is 880. The summed E-state index contributed by atoms with van der Waals surface area (Å²) >= 11 is 0. The molecule has 0 aliphatic carbocycles. The Kier molecular flexibility index (Phi) is 5.52. The zero-order chi connectivity index (χ0) is 18.4. The average molecular weight is 344 g/mol. The van der Waals surface area contributed by atoms with Crippen molar-refractivity contribution in [1.82, 2.24) is 20.2 Å². The summed E-state index contributed by atoms with van der Waals surface area (Å²) in [5.74, 6) is -1.96. The maximum atomic E-state index is 11.5. The molecule has 10 nitrogen and oxygen atoms in total. The van der Waals surface area contributed by atoms with Gasteiger partial charge in [-0.1, -0.05) is 0 Å². The van der Waals surface area contributed by atoms with E-state index < -0.39 is 11.9 Å². The molecule has 0 amide bonds. The number of anilines is 1. The summed E-state index contributed by atoms with van der Waals surface area (Å²) in [5.41, 5.74) is 5.60. The third-order valence-corrected chi connectivity index (χ3v) is 3.23. The van der Waals surface area contributed by atoms with Crippen LogP contribution in [-0.4, -0.2) is 38.4 Å². The molecule has 0 aliphatic heterocycles. The minimum absolute atomic E-state index is 0.0845. The first kappa shape index (κ1) is 17.7. The van der Waals surface area contributed by atoms with Gasteiger partial charge in [-0.15, -0.1) is 0 Å². The minimum atomic E-state index is -1.18. The van der Waals surface area contributed by atoms with Gasteiger partial charge in [0.25, 0.3) is 0 Å². The SMILES string of the molecule is CCOC(=O)C(C#N)=CNNc1c(C(=O)O)cnc2c1cnn2CC. The molecule has 2 heterocycles. The number of aryl methyl sites for hydroxylation is 1. The first-order valence-corrected chi connectivity index (χ1v) is 7.40. The molecule has 130 valence electrons. The van der Waals surface area contributed by atoms with Crippen molar-refractivity contribution >= 4 is 28.7 Å². The van der Waals surface area contributed by atoms with Gasteiger partial charge in [-0.2, -0.15) is 10.4 Å². The van der Waals surface area contributed by atoms with E-state index >= 15 is 0 Å². The van der Waals surface area contributed by atoms with Crippen LogP contribution in [0.1, 0.15) is 24.2 Å². The average Bonchev–Trinajstić information content (AvgIpc) is 3.02. The molecule has 0 fully saturated rings. The smallest absolute Gasteiger partial charge is 0.350 e. The second kappa shape index (κ2) is 7.78. The fraction of sp³-hybridized carbons (Fsp3) is 0.267. The van der Waals surface area contributed by atoms with Crippen molar-refractivity contribution in [3.8, 4) is 6.07 Å². The molecule has 0 radical (unpaired) electrons. The Labute approximate surface area is 142 Å². The Hall–Kier alpha value is -3.61. The first-order valence-electron chi connectivity index (χ1n) is 7.40. The van der Waals surface area contributed by atoms with Gasteiger partial charge >= 0.3 is 11.9 Å². The van der Waals surface area contributed by atoms with Gasteiger partial charge in [-0.3, -0.25) is 5.43 Å². The third kappa shape index (κ3) is 3.66. The largest absolute Gasteiger partial charge is 0.478 e. The molecule has 25 heavy (non-hydrogen) atoms. The molecule has 2 aromatic heterocycles. The molecule has 10 heteroatoms. The molecule has 0 aromatic carbocycles. The number of hydrogen-bond acceptors (Lipinski definition) is 8. The Morgan fingerprint density at radius 1 is 1.44 bits per heavy atom. The number of pyridine rings is 1. The van der Waals surface area contributed by atoms with E-state index in [0.717, 1.165) is 6.20 Å². The number of hydrazine groups is 1. The number of nitrogens with zero attached hydrogens (tertiary/aromatic N) is 4. The van der Waals surface area contributed by atoms with Crippen LogP contribution in [0.5, 0.6) is 0 Å². The highest BCUT2D eigenvalue weighted by Crippen LogP contribution is 2.25. The van der Waals surface area contributed by atoms with Gasteiger partial charge in [0.05, 0.1) is 23.9 Å². The number of aromatic carboxylic acids is 1. The van der Waals surface area contributed by atoms with E-state index in [0.29, 0.717) is 17.6 Å². The summed E-state index contributed by atoms with van der Waals surface area (Å²) in [5, 5.41) is 22.9. The summed E-state index contributed by atoms with van der Waals surface area (Å²) in [6.07, 6.45) is 3.80. The van der Waals surface area contributed by atoms with E-state index in [1.54, 1.807) is 17.7 Å². The molecule has 0 spiro atoms. The number of fused-ring (bicyclic) bond motifs is 1. The summed E-state index contributed by atoms with van der Waals surface area (Å²) in [4.78, 5) is 27.1. The van der Waals surface area contributed by atoms with E-state index in [1.165, 1.54) is 12.4 Å². The number of carboxylic acid groups (broad SMARTS) is 1. The van der Waals surface area contributed by atoms with Crippen LogP contribution in [0.3, 0.4) is 0 Å². The number of carboxylic acids is 1. The number of nitrogens with one attached hydrogen (secondary N) is 2. The third-order valence-electron chi connectivity index (χ3n) is 3.23. The molecular weight excluding hydrogens is 328 g/mol. The van der Waals surface area contributed by atoms with Crippen molar-refractivity contribution < 1.29 is 19.4 Å². The molecule has 0 saturated heterocycles. The number of rotatable bonds is 7. The highest BCUT2D eigenvalue weighted by molar-refractivity contribution is 6.03. The highest BCUT2D eigenvalue weighted by atomic mass is 16.5. The Morgan fingerprint density at radius 2 is 2.20 bits per heavy atom. The quantitative estimate of drug-likeness (QED) is 0.290. The molecular formula is C15H16N6O4. The van der Waals surface area contributed by atoms with Crippen molar-refractivity contribution in [2.75, 3.05) is 12.0 Å². The van der Waals surface area contributed by atoms with Crippen molar-refractivity contribution in [2.45, 2.75) is 20.4 Å². The van der Waals surface area contributed by atoms with Crippen molar-refractivity contribution in [3.05, 3.63) is 29.7 Å². The predicted molar refractivity (Wildman–Crippen MR) is 87.2 cm³/mol. The van der Waals surface area contributed by atoms with Crippen LogP contribution < -0.4 is 10.9 Å². The van der Waals surface area contributed by atoms with Crippen LogP contribution in [0.4, 0.5) is 5.69 Å². The van der Waals surface area contributed by atoms with Crippen LogP contribution in [0.15, 0.2) is 24.2 Å². The number of carbonyl (C=O) groups excluding carboxylic acids is 1. The van der Waals surface area contributed by atoms with Crippen molar-refractivity contribution in [1.29, 1.82) is 5.26 Å². The zero-order valence-electron chi connectivity index (χ0n) is 13.6. The van der Waals surface area contributed by atoms with E-state index in [-0.39, 0.29) is 23.4 Å². The van der Waals surface area contributed by atoms with Crippen molar-refractivity contribution in [3.63, 3.8) is 0 Å². The second-order valence-corrected chi connectivity index (χ2v) is 4.71. The number of esters is 1. The molecule has 0 bridgehead atoms. The van der Waals surface area contributed by atoms with Crippen LogP contribution in [0.2, 0.25) is 0 Å². The van der Waals surface area contributed by atoms with Crippen LogP contribution in [0.25, 0.3) is 11.0 Å². The maximum absolute atomic E-state index is 11.5. The molecule has 2 aromatic rings.